The Kier molecular flexibility index (Phi) is 5.27. The Bertz CT molecular complexity index is 1150. The normalized spacial score (nSPS) is 20.8. The van der Waals surface area contributed by atoms with Crippen molar-refractivity contribution in [2.24, 2.45) is 0 Å². The third-order valence-electron chi connectivity index (χ3n) is 5.91. The quantitative estimate of drug-likeness (QED) is 0.591. The van der Waals surface area contributed by atoms with Crippen molar-refractivity contribution in [2.45, 2.75) is 38.5 Å². The Hall–Kier alpha value is -3.61. The smallest absolute Gasteiger partial charge is 0.303 e. The first-order chi connectivity index (χ1) is 14.8. The standard InChI is InChI=1S/C24H24N2O5/c1-16(27)31-21-14-22(28)26(15-17-8-10-19(30-3)11-9-17)24(21,2)23(29)25-13-12-18-6-4-5-7-20(18)25/h4-13,21H,14-15H2,1-3H3. The molecule has 7 heteroatoms. The molecule has 0 aliphatic carbocycles. The minimum atomic E-state index is -1.36. The van der Waals surface area contributed by atoms with Crippen LogP contribution in [0.4, 0.5) is 0 Å². The average Bonchev–Trinajstić information content (AvgIpc) is 3.29. The molecule has 3 aromatic rings. The first-order valence-corrected chi connectivity index (χ1v) is 10.1. The minimum absolute atomic E-state index is 0.0445. The number of fused-ring (bicyclic) bond motifs is 1. The highest BCUT2D eigenvalue weighted by atomic mass is 16.5. The van der Waals surface area contributed by atoms with Crippen LogP contribution in [0.15, 0.2) is 60.8 Å². The molecule has 1 aliphatic heterocycles. The topological polar surface area (TPSA) is 77.8 Å². The number of para-hydroxylation sites is 1. The number of methoxy groups -OCH3 is 1. The van der Waals surface area contributed by atoms with Gasteiger partial charge in [0.2, 0.25) is 5.91 Å². The number of hydrogen-bond acceptors (Lipinski definition) is 5. The van der Waals surface area contributed by atoms with Gasteiger partial charge in [0, 0.05) is 25.1 Å². The SMILES string of the molecule is COc1ccc(CN2C(=O)CC(OC(C)=O)C2(C)C(=O)n2ccc3ccccc32)cc1. The van der Waals surface area contributed by atoms with Gasteiger partial charge >= 0.3 is 5.97 Å². The van der Waals surface area contributed by atoms with Crippen LogP contribution >= 0.6 is 0 Å². The molecule has 1 aliphatic rings. The number of esters is 1. The number of rotatable bonds is 5. The van der Waals surface area contributed by atoms with Crippen molar-refractivity contribution in [3.63, 3.8) is 0 Å². The second kappa shape index (κ2) is 7.91. The second-order valence-corrected chi connectivity index (χ2v) is 7.83. The molecule has 2 unspecified atom stereocenters. The van der Waals surface area contributed by atoms with Crippen LogP contribution in [-0.2, 0) is 20.9 Å². The lowest BCUT2D eigenvalue weighted by Gasteiger charge is -2.37. The Balaban J connectivity index is 1.75. The van der Waals surface area contributed by atoms with Crippen LogP contribution in [0.25, 0.3) is 10.9 Å². The van der Waals surface area contributed by atoms with Gasteiger partial charge < -0.3 is 14.4 Å². The maximum atomic E-state index is 13.8. The molecule has 1 amide bonds. The Morgan fingerprint density at radius 2 is 1.81 bits per heavy atom. The minimum Gasteiger partial charge on any atom is -0.497 e. The Morgan fingerprint density at radius 1 is 1.10 bits per heavy atom. The molecule has 2 heterocycles. The lowest BCUT2D eigenvalue weighted by Crippen LogP contribution is -2.57. The summed E-state index contributed by atoms with van der Waals surface area (Å²) in [4.78, 5) is 40.1. The van der Waals surface area contributed by atoms with Gasteiger partial charge in [-0.1, -0.05) is 30.3 Å². The summed E-state index contributed by atoms with van der Waals surface area (Å²) in [6.45, 7) is 3.17. The van der Waals surface area contributed by atoms with Crippen molar-refractivity contribution in [1.29, 1.82) is 0 Å². The number of carbonyl (C=O) groups is 3. The molecule has 2 atom stereocenters. The lowest BCUT2D eigenvalue weighted by atomic mass is 9.93. The monoisotopic (exact) mass is 420 g/mol. The van der Waals surface area contributed by atoms with Gasteiger partial charge in [-0.15, -0.1) is 0 Å². The molecular weight excluding hydrogens is 396 g/mol. The highest BCUT2D eigenvalue weighted by Gasteiger charge is 2.57. The number of amides is 1. The van der Waals surface area contributed by atoms with Gasteiger partial charge in [0.05, 0.1) is 19.0 Å². The fraction of sp³-hybridized carbons (Fsp3) is 0.292. The first-order valence-electron chi connectivity index (χ1n) is 10.1. The molecule has 2 aromatic carbocycles. The number of likely N-dealkylation sites (tertiary alicyclic amines) is 1. The number of aromatic nitrogens is 1. The third kappa shape index (κ3) is 3.56. The summed E-state index contributed by atoms with van der Waals surface area (Å²) in [5.74, 6) is -0.388. The predicted octanol–water partition coefficient (Wildman–Crippen LogP) is 3.41. The lowest BCUT2D eigenvalue weighted by molar-refractivity contribution is -0.149. The van der Waals surface area contributed by atoms with Gasteiger partial charge in [-0.3, -0.25) is 19.0 Å². The van der Waals surface area contributed by atoms with Crippen molar-refractivity contribution in [1.82, 2.24) is 9.47 Å². The molecule has 7 nitrogen and oxygen atoms in total. The summed E-state index contributed by atoms with van der Waals surface area (Å²) in [5.41, 5.74) is 0.220. The highest BCUT2D eigenvalue weighted by molar-refractivity contribution is 6.02. The van der Waals surface area contributed by atoms with E-state index in [2.05, 4.69) is 0 Å². The first kappa shape index (κ1) is 20.7. The van der Waals surface area contributed by atoms with Crippen molar-refractivity contribution in [3.05, 3.63) is 66.4 Å². The van der Waals surface area contributed by atoms with E-state index in [-0.39, 0.29) is 24.8 Å². The number of nitrogens with zero attached hydrogens (tertiary/aromatic N) is 2. The van der Waals surface area contributed by atoms with Gasteiger partial charge in [-0.2, -0.15) is 0 Å². The summed E-state index contributed by atoms with van der Waals surface area (Å²) < 4.78 is 12.2. The molecule has 1 saturated heterocycles. The second-order valence-electron chi connectivity index (χ2n) is 7.83. The summed E-state index contributed by atoms with van der Waals surface area (Å²) in [7, 11) is 1.58. The van der Waals surface area contributed by atoms with Gasteiger partial charge in [-0.25, -0.2) is 0 Å². The van der Waals surface area contributed by atoms with Crippen molar-refractivity contribution >= 4 is 28.7 Å². The van der Waals surface area contributed by atoms with E-state index in [9.17, 15) is 14.4 Å². The Morgan fingerprint density at radius 3 is 2.48 bits per heavy atom. The van der Waals surface area contributed by atoms with Crippen molar-refractivity contribution < 1.29 is 23.9 Å². The van der Waals surface area contributed by atoms with E-state index in [1.807, 2.05) is 42.5 Å². The van der Waals surface area contributed by atoms with Gasteiger partial charge in [0.25, 0.3) is 5.91 Å². The van der Waals surface area contributed by atoms with E-state index in [1.165, 1.54) is 16.4 Å². The summed E-state index contributed by atoms with van der Waals surface area (Å²) in [5, 5.41) is 0.912. The molecule has 1 fully saturated rings. The maximum absolute atomic E-state index is 13.8. The van der Waals surface area contributed by atoms with Crippen molar-refractivity contribution in [3.8, 4) is 5.75 Å². The number of carbonyl (C=O) groups excluding carboxylic acids is 3. The highest BCUT2D eigenvalue weighted by Crippen LogP contribution is 2.37. The average molecular weight is 420 g/mol. The van der Waals surface area contributed by atoms with E-state index >= 15 is 0 Å². The van der Waals surface area contributed by atoms with Crippen molar-refractivity contribution in [2.75, 3.05) is 7.11 Å². The number of hydrogen-bond donors (Lipinski definition) is 0. The molecule has 31 heavy (non-hydrogen) atoms. The van der Waals surface area contributed by atoms with E-state index in [0.717, 1.165) is 16.5 Å². The molecule has 0 radical (unpaired) electrons. The maximum Gasteiger partial charge on any atom is 0.303 e. The van der Waals surface area contributed by atoms with Crippen LogP contribution in [0, 0.1) is 0 Å². The van der Waals surface area contributed by atoms with Crippen LogP contribution in [0.2, 0.25) is 0 Å². The molecular formula is C24H24N2O5. The van der Waals surface area contributed by atoms with Crippen LogP contribution in [0.1, 0.15) is 30.6 Å². The van der Waals surface area contributed by atoms with Crippen LogP contribution < -0.4 is 4.74 Å². The zero-order valence-corrected chi connectivity index (χ0v) is 17.7. The predicted molar refractivity (Wildman–Crippen MR) is 115 cm³/mol. The number of benzene rings is 2. The van der Waals surface area contributed by atoms with Gasteiger partial charge in [0.1, 0.15) is 11.9 Å². The van der Waals surface area contributed by atoms with Gasteiger partial charge in [-0.05, 0) is 36.8 Å². The molecule has 0 spiro atoms. The zero-order valence-electron chi connectivity index (χ0n) is 17.7. The van der Waals surface area contributed by atoms with E-state index < -0.39 is 17.6 Å². The molecule has 0 bridgehead atoms. The molecule has 160 valence electrons. The molecule has 0 saturated carbocycles. The molecule has 1 aromatic heterocycles. The fourth-order valence-corrected chi connectivity index (χ4v) is 4.18. The van der Waals surface area contributed by atoms with Crippen LogP contribution in [-0.4, -0.2) is 46.0 Å². The van der Waals surface area contributed by atoms with E-state index in [0.29, 0.717) is 5.75 Å². The van der Waals surface area contributed by atoms with E-state index in [1.54, 1.807) is 32.4 Å². The summed E-state index contributed by atoms with van der Waals surface area (Å²) in [6, 6.07) is 16.7. The fourth-order valence-electron chi connectivity index (χ4n) is 4.18. The van der Waals surface area contributed by atoms with Crippen LogP contribution in [0.3, 0.4) is 0 Å². The summed E-state index contributed by atoms with van der Waals surface area (Å²) in [6.07, 6.45) is 0.763. The largest absolute Gasteiger partial charge is 0.497 e. The van der Waals surface area contributed by atoms with E-state index in [4.69, 9.17) is 9.47 Å². The third-order valence-corrected chi connectivity index (χ3v) is 5.91. The summed E-state index contributed by atoms with van der Waals surface area (Å²) >= 11 is 0. The number of ether oxygens (including phenoxy) is 2. The van der Waals surface area contributed by atoms with Crippen LogP contribution in [0.5, 0.6) is 5.75 Å². The molecule has 4 rings (SSSR count). The Labute approximate surface area is 180 Å². The van der Waals surface area contributed by atoms with Gasteiger partial charge in [0.15, 0.2) is 5.54 Å². The molecule has 0 N–H and O–H groups in total. The zero-order chi connectivity index (χ0) is 22.2.